The Kier molecular flexibility index (Phi) is 6.13. The van der Waals surface area contributed by atoms with Gasteiger partial charge in [0.1, 0.15) is 6.04 Å². The number of benzene rings is 2. The molecule has 0 fully saturated rings. The molecule has 2 aromatic rings. The van der Waals surface area contributed by atoms with E-state index in [4.69, 9.17) is 4.74 Å². The van der Waals surface area contributed by atoms with E-state index in [1.54, 1.807) is 0 Å². The second kappa shape index (κ2) is 8.29. The zero-order valence-corrected chi connectivity index (χ0v) is 14.3. The second-order valence-electron chi connectivity index (χ2n) is 5.73. The van der Waals surface area contributed by atoms with Gasteiger partial charge >= 0.3 is 5.97 Å². The van der Waals surface area contributed by atoms with Gasteiger partial charge in [0.25, 0.3) is 0 Å². The minimum atomic E-state index is -0.676. The van der Waals surface area contributed by atoms with Crippen molar-refractivity contribution in [2.45, 2.75) is 32.7 Å². The van der Waals surface area contributed by atoms with Gasteiger partial charge in [0.15, 0.2) is 0 Å². The molecule has 4 nitrogen and oxygen atoms in total. The predicted molar refractivity (Wildman–Crippen MR) is 94.6 cm³/mol. The van der Waals surface area contributed by atoms with Crippen LogP contribution in [0.1, 0.15) is 25.0 Å². The molecule has 0 aliphatic heterocycles. The molecule has 0 aliphatic carbocycles. The van der Waals surface area contributed by atoms with Crippen LogP contribution < -0.4 is 5.32 Å². The fourth-order valence-corrected chi connectivity index (χ4v) is 2.63. The van der Waals surface area contributed by atoms with Crippen LogP contribution in [0, 0.1) is 0 Å². The standard InChI is InChI=1S/C20H23NO3/c1-4-15-8-10-17(11-9-15)18-7-5-6-16(12-18)13-19(20(23)24-3)21-14(2)22/h5-12,19H,4,13H2,1-3H3,(H,21,22)/t19-/m0/s1. The zero-order chi connectivity index (χ0) is 17.5. The molecule has 0 saturated carbocycles. The van der Waals surface area contributed by atoms with Crippen molar-refractivity contribution < 1.29 is 14.3 Å². The van der Waals surface area contributed by atoms with Crippen LogP contribution in [0.3, 0.4) is 0 Å². The van der Waals surface area contributed by atoms with Gasteiger partial charge in [0.05, 0.1) is 7.11 Å². The van der Waals surface area contributed by atoms with Gasteiger partial charge in [0.2, 0.25) is 5.91 Å². The average Bonchev–Trinajstić information content (AvgIpc) is 2.60. The lowest BCUT2D eigenvalue weighted by molar-refractivity contribution is -0.144. The van der Waals surface area contributed by atoms with Crippen LogP contribution in [-0.2, 0) is 27.2 Å². The molecule has 4 heteroatoms. The Morgan fingerprint density at radius 2 is 1.75 bits per heavy atom. The number of amides is 1. The molecule has 126 valence electrons. The number of esters is 1. The Morgan fingerprint density at radius 3 is 2.33 bits per heavy atom. The topological polar surface area (TPSA) is 55.4 Å². The molecule has 2 rings (SSSR count). The smallest absolute Gasteiger partial charge is 0.328 e. The van der Waals surface area contributed by atoms with E-state index < -0.39 is 12.0 Å². The molecule has 0 aliphatic rings. The van der Waals surface area contributed by atoms with Crippen molar-refractivity contribution in [2.75, 3.05) is 7.11 Å². The average molecular weight is 325 g/mol. The summed E-state index contributed by atoms with van der Waals surface area (Å²) in [6.07, 6.45) is 1.41. The number of nitrogens with one attached hydrogen (secondary N) is 1. The molecular formula is C20H23NO3. The zero-order valence-electron chi connectivity index (χ0n) is 14.3. The van der Waals surface area contributed by atoms with Crippen molar-refractivity contribution in [3.8, 4) is 11.1 Å². The summed E-state index contributed by atoms with van der Waals surface area (Å²) >= 11 is 0. The summed E-state index contributed by atoms with van der Waals surface area (Å²) in [5.74, 6) is -0.695. The van der Waals surface area contributed by atoms with Crippen molar-refractivity contribution in [2.24, 2.45) is 0 Å². The number of carbonyl (C=O) groups is 2. The van der Waals surface area contributed by atoms with Crippen molar-refractivity contribution >= 4 is 11.9 Å². The monoisotopic (exact) mass is 325 g/mol. The maximum atomic E-state index is 11.8. The molecule has 0 heterocycles. The van der Waals surface area contributed by atoms with Crippen LogP contribution in [-0.4, -0.2) is 25.0 Å². The van der Waals surface area contributed by atoms with Crippen molar-refractivity contribution in [3.63, 3.8) is 0 Å². The quantitative estimate of drug-likeness (QED) is 0.830. The Morgan fingerprint density at radius 1 is 1.04 bits per heavy atom. The summed E-state index contributed by atoms with van der Waals surface area (Å²) in [5.41, 5.74) is 4.48. The van der Waals surface area contributed by atoms with Gasteiger partial charge < -0.3 is 10.1 Å². The number of aryl methyl sites for hydroxylation is 1. The highest BCUT2D eigenvalue weighted by Crippen LogP contribution is 2.22. The maximum absolute atomic E-state index is 11.8. The first-order valence-corrected chi connectivity index (χ1v) is 8.06. The first-order chi connectivity index (χ1) is 11.5. The van der Waals surface area contributed by atoms with Crippen molar-refractivity contribution in [3.05, 3.63) is 59.7 Å². The van der Waals surface area contributed by atoms with Crippen LogP contribution in [0.25, 0.3) is 11.1 Å². The Balaban J connectivity index is 2.21. The molecule has 2 aromatic carbocycles. The molecule has 24 heavy (non-hydrogen) atoms. The van der Waals surface area contributed by atoms with Gasteiger partial charge in [-0.25, -0.2) is 4.79 Å². The summed E-state index contributed by atoms with van der Waals surface area (Å²) in [5, 5.41) is 2.64. The predicted octanol–water partition coefficient (Wildman–Crippen LogP) is 3.14. The second-order valence-corrected chi connectivity index (χ2v) is 5.73. The molecule has 0 bridgehead atoms. The molecule has 0 spiro atoms. The first kappa shape index (κ1) is 17.7. The number of carbonyl (C=O) groups excluding carboxylic acids is 2. The SMILES string of the molecule is CCc1ccc(-c2cccc(C[C@H](NC(C)=O)C(=O)OC)c2)cc1. The summed E-state index contributed by atoms with van der Waals surface area (Å²) in [7, 11) is 1.32. The lowest BCUT2D eigenvalue weighted by atomic mass is 9.98. The molecule has 0 aromatic heterocycles. The summed E-state index contributed by atoms with van der Waals surface area (Å²) in [4.78, 5) is 23.1. The molecule has 1 atom stereocenters. The Bertz CT molecular complexity index is 707. The van der Waals surface area contributed by atoms with Gasteiger partial charge in [0, 0.05) is 13.3 Å². The van der Waals surface area contributed by atoms with Crippen LogP contribution in [0.2, 0.25) is 0 Å². The largest absolute Gasteiger partial charge is 0.467 e. The van der Waals surface area contributed by atoms with Gasteiger partial charge in [-0.05, 0) is 28.7 Å². The van der Waals surface area contributed by atoms with Crippen molar-refractivity contribution in [1.82, 2.24) is 5.32 Å². The number of rotatable bonds is 6. The normalized spacial score (nSPS) is 11.6. The lowest BCUT2D eigenvalue weighted by Gasteiger charge is -2.16. The van der Waals surface area contributed by atoms with E-state index in [-0.39, 0.29) is 5.91 Å². The fraction of sp³-hybridized carbons (Fsp3) is 0.300. The molecular weight excluding hydrogens is 302 g/mol. The molecule has 0 saturated heterocycles. The van der Waals surface area contributed by atoms with E-state index in [0.29, 0.717) is 6.42 Å². The Hall–Kier alpha value is -2.62. The minimum Gasteiger partial charge on any atom is -0.467 e. The number of ether oxygens (including phenoxy) is 1. The molecule has 0 radical (unpaired) electrons. The van der Waals surface area contributed by atoms with E-state index in [1.165, 1.54) is 19.6 Å². The van der Waals surface area contributed by atoms with E-state index in [2.05, 4.69) is 36.5 Å². The highest BCUT2D eigenvalue weighted by molar-refractivity contribution is 5.83. The fourth-order valence-electron chi connectivity index (χ4n) is 2.63. The summed E-state index contributed by atoms with van der Waals surface area (Å²) in [6, 6.07) is 15.8. The maximum Gasteiger partial charge on any atom is 0.328 e. The van der Waals surface area contributed by atoms with Crippen LogP contribution >= 0.6 is 0 Å². The van der Waals surface area contributed by atoms with Gasteiger partial charge in [-0.2, -0.15) is 0 Å². The van der Waals surface area contributed by atoms with Crippen molar-refractivity contribution in [1.29, 1.82) is 0 Å². The van der Waals surface area contributed by atoms with Gasteiger partial charge in [-0.1, -0.05) is 55.5 Å². The van der Waals surface area contributed by atoms with E-state index in [1.807, 2.05) is 24.3 Å². The highest BCUT2D eigenvalue weighted by Gasteiger charge is 2.20. The third-order valence-corrected chi connectivity index (χ3v) is 3.93. The van der Waals surface area contributed by atoms with E-state index >= 15 is 0 Å². The highest BCUT2D eigenvalue weighted by atomic mass is 16.5. The number of methoxy groups -OCH3 is 1. The third-order valence-electron chi connectivity index (χ3n) is 3.93. The van der Waals surface area contributed by atoms with E-state index in [9.17, 15) is 9.59 Å². The molecule has 1 amide bonds. The summed E-state index contributed by atoms with van der Waals surface area (Å²) in [6.45, 7) is 3.52. The van der Waals surface area contributed by atoms with Crippen LogP contribution in [0.5, 0.6) is 0 Å². The lowest BCUT2D eigenvalue weighted by Crippen LogP contribution is -2.41. The number of hydrogen-bond donors (Lipinski definition) is 1. The van der Waals surface area contributed by atoms with Gasteiger partial charge in [-0.15, -0.1) is 0 Å². The first-order valence-electron chi connectivity index (χ1n) is 8.06. The minimum absolute atomic E-state index is 0.253. The summed E-state index contributed by atoms with van der Waals surface area (Å²) < 4.78 is 4.77. The Labute approximate surface area is 142 Å². The number of hydrogen-bond acceptors (Lipinski definition) is 3. The molecule has 1 N–H and O–H groups in total. The van der Waals surface area contributed by atoms with Crippen LogP contribution in [0.15, 0.2) is 48.5 Å². The van der Waals surface area contributed by atoms with Gasteiger partial charge in [-0.3, -0.25) is 4.79 Å². The third kappa shape index (κ3) is 4.69. The van der Waals surface area contributed by atoms with Crippen LogP contribution in [0.4, 0.5) is 0 Å². The molecule has 0 unspecified atom stereocenters. The van der Waals surface area contributed by atoms with E-state index in [0.717, 1.165) is 23.1 Å².